The van der Waals surface area contributed by atoms with E-state index < -0.39 is 0 Å². The molecule has 1 amide bonds. The van der Waals surface area contributed by atoms with Gasteiger partial charge in [-0.1, -0.05) is 46.9 Å². The zero-order valence-corrected chi connectivity index (χ0v) is 10.2. The molecule has 0 saturated carbocycles. The SMILES string of the molecule is CN1CCc2ccccc2C(I)C1=O. The van der Waals surface area contributed by atoms with Crippen LogP contribution in [0, 0.1) is 0 Å². The number of halogens is 1. The second-order valence-electron chi connectivity index (χ2n) is 3.57. The van der Waals surface area contributed by atoms with E-state index in [0.29, 0.717) is 0 Å². The molecule has 1 aromatic rings. The van der Waals surface area contributed by atoms with E-state index in [1.54, 1.807) is 0 Å². The van der Waals surface area contributed by atoms with Crippen LogP contribution in [0.1, 0.15) is 15.1 Å². The van der Waals surface area contributed by atoms with Crippen LogP contribution in [0.2, 0.25) is 0 Å². The smallest absolute Gasteiger partial charge is 0.239 e. The average Bonchev–Trinajstić information content (AvgIpc) is 2.32. The number of likely N-dealkylation sites (N-methyl/N-ethyl adjacent to an activating group) is 1. The van der Waals surface area contributed by atoms with Gasteiger partial charge in [-0.25, -0.2) is 0 Å². The first-order valence-corrected chi connectivity index (χ1v) is 5.91. The highest BCUT2D eigenvalue weighted by Gasteiger charge is 2.25. The summed E-state index contributed by atoms with van der Waals surface area (Å²) in [5.74, 6) is 0.218. The van der Waals surface area contributed by atoms with E-state index in [-0.39, 0.29) is 9.83 Å². The summed E-state index contributed by atoms with van der Waals surface area (Å²) < 4.78 is -0.0173. The van der Waals surface area contributed by atoms with Crippen molar-refractivity contribution in [3.05, 3.63) is 35.4 Å². The predicted molar refractivity (Wildman–Crippen MR) is 64.5 cm³/mol. The number of fused-ring (bicyclic) bond motifs is 1. The molecule has 0 aliphatic carbocycles. The van der Waals surface area contributed by atoms with Crippen molar-refractivity contribution in [3.8, 4) is 0 Å². The monoisotopic (exact) mass is 301 g/mol. The molecule has 74 valence electrons. The average molecular weight is 301 g/mol. The van der Waals surface area contributed by atoms with Crippen LogP contribution in [-0.4, -0.2) is 24.4 Å². The lowest BCUT2D eigenvalue weighted by Gasteiger charge is -2.15. The molecule has 0 saturated heterocycles. The summed E-state index contributed by atoms with van der Waals surface area (Å²) in [4.78, 5) is 13.6. The Bertz CT molecular complexity index is 364. The van der Waals surface area contributed by atoms with Gasteiger partial charge < -0.3 is 4.90 Å². The van der Waals surface area contributed by atoms with Crippen molar-refractivity contribution in [2.24, 2.45) is 0 Å². The summed E-state index contributed by atoms with van der Waals surface area (Å²) >= 11 is 2.22. The lowest BCUT2D eigenvalue weighted by molar-refractivity contribution is -0.128. The zero-order chi connectivity index (χ0) is 10.1. The van der Waals surface area contributed by atoms with Gasteiger partial charge in [0.15, 0.2) is 0 Å². The van der Waals surface area contributed by atoms with Crippen LogP contribution < -0.4 is 0 Å². The number of nitrogens with zero attached hydrogens (tertiary/aromatic N) is 1. The van der Waals surface area contributed by atoms with Gasteiger partial charge in [0.2, 0.25) is 5.91 Å². The van der Waals surface area contributed by atoms with Gasteiger partial charge in [0, 0.05) is 13.6 Å². The van der Waals surface area contributed by atoms with Gasteiger partial charge in [-0.15, -0.1) is 0 Å². The van der Waals surface area contributed by atoms with Gasteiger partial charge in [0.25, 0.3) is 0 Å². The molecule has 0 aromatic heterocycles. The van der Waals surface area contributed by atoms with Gasteiger partial charge in [0.05, 0.1) is 0 Å². The van der Waals surface area contributed by atoms with E-state index in [0.717, 1.165) is 13.0 Å². The maximum atomic E-state index is 11.8. The number of carbonyl (C=O) groups is 1. The molecule has 0 bridgehead atoms. The molecule has 3 heteroatoms. The third kappa shape index (κ3) is 1.65. The molecule has 1 atom stereocenters. The summed E-state index contributed by atoms with van der Waals surface area (Å²) in [6, 6.07) is 8.22. The van der Waals surface area contributed by atoms with Crippen molar-refractivity contribution in [3.63, 3.8) is 0 Å². The fourth-order valence-electron chi connectivity index (χ4n) is 1.73. The molecule has 0 spiro atoms. The Kier molecular flexibility index (Phi) is 2.76. The van der Waals surface area contributed by atoms with Crippen LogP contribution in [0.4, 0.5) is 0 Å². The number of carbonyl (C=O) groups excluding carboxylic acids is 1. The summed E-state index contributed by atoms with van der Waals surface area (Å²) in [6.45, 7) is 0.829. The van der Waals surface area contributed by atoms with Crippen molar-refractivity contribution in [2.75, 3.05) is 13.6 Å². The molecule has 14 heavy (non-hydrogen) atoms. The first-order chi connectivity index (χ1) is 6.70. The number of hydrogen-bond acceptors (Lipinski definition) is 1. The van der Waals surface area contributed by atoms with Crippen LogP contribution in [0.5, 0.6) is 0 Å². The Hall–Kier alpha value is -0.580. The van der Waals surface area contributed by atoms with Crippen molar-refractivity contribution >= 4 is 28.5 Å². The third-order valence-corrected chi connectivity index (χ3v) is 3.84. The second-order valence-corrected chi connectivity index (χ2v) is 4.82. The van der Waals surface area contributed by atoms with Crippen LogP contribution in [-0.2, 0) is 11.2 Å². The van der Waals surface area contributed by atoms with Gasteiger partial charge in [0.1, 0.15) is 3.92 Å². The lowest BCUT2D eigenvalue weighted by atomic mass is 10.0. The largest absolute Gasteiger partial charge is 0.344 e. The Balaban J connectivity index is 2.45. The van der Waals surface area contributed by atoms with E-state index in [2.05, 4.69) is 34.7 Å². The summed E-state index contributed by atoms with van der Waals surface area (Å²) in [6.07, 6.45) is 0.970. The number of benzene rings is 1. The van der Waals surface area contributed by atoms with Crippen molar-refractivity contribution in [1.82, 2.24) is 4.90 Å². The third-order valence-electron chi connectivity index (χ3n) is 2.64. The normalized spacial score (nSPS) is 21.7. The van der Waals surface area contributed by atoms with E-state index in [1.807, 2.05) is 24.1 Å². The second kappa shape index (κ2) is 3.88. The molecule has 1 aliphatic rings. The summed E-state index contributed by atoms with van der Waals surface area (Å²) in [5, 5.41) is 0. The lowest BCUT2D eigenvalue weighted by Crippen LogP contribution is -2.28. The molecule has 2 rings (SSSR count). The van der Waals surface area contributed by atoms with E-state index >= 15 is 0 Å². The van der Waals surface area contributed by atoms with Crippen LogP contribution >= 0.6 is 22.6 Å². The minimum absolute atomic E-state index is 0.0173. The Labute approximate surface area is 97.4 Å². The highest BCUT2D eigenvalue weighted by Crippen LogP contribution is 2.30. The fraction of sp³-hybridized carbons (Fsp3) is 0.364. The fourth-order valence-corrected chi connectivity index (χ4v) is 2.82. The number of rotatable bonds is 0. The highest BCUT2D eigenvalue weighted by atomic mass is 127. The predicted octanol–water partition coefficient (Wildman–Crippen LogP) is 2.18. The first kappa shape index (κ1) is 9.96. The Morgan fingerprint density at radius 1 is 1.43 bits per heavy atom. The molecule has 1 heterocycles. The number of alkyl halides is 1. The van der Waals surface area contributed by atoms with Crippen molar-refractivity contribution < 1.29 is 4.79 Å². The van der Waals surface area contributed by atoms with Gasteiger partial charge >= 0.3 is 0 Å². The molecular formula is C11H12INO. The number of amides is 1. The van der Waals surface area contributed by atoms with Crippen molar-refractivity contribution in [2.45, 2.75) is 10.3 Å². The maximum absolute atomic E-state index is 11.8. The van der Waals surface area contributed by atoms with E-state index in [9.17, 15) is 4.79 Å². The van der Waals surface area contributed by atoms with Crippen LogP contribution in [0.25, 0.3) is 0 Å². The molecule has 1 unspecified atom stereocenters. The van der Waals surface area contributed by atoms with E-state index in [4.69, 9.17) is 0 Å². The molecule has 0 radical (unpaired) electrons. The summed E-state index contributed by atoms with van der Waals surface area (Å²) in [7, 11) is 1.87. The van der Waals surface area contributed by atoms with Crippen molar-refractivity contribution in [1.29, 1.82) is 0 Å². The number of hydrogen-bond donors (Lipinski definition) is 0. The Morgan fingerprint density at radius 2 is 2.14 bits per heavy atom. The molecule has 0 fully saturated rings. The van der Waals surface area contributed by atoms with E-state index in [1.165, 1.54) is 11.1 Å². The quantitative estimate of drug-likeness (QED) is 0.531. The van der Waals surface area contributed by atoms with Gasteiger partial charge in [-0.3, -0.25) is 4.79 Å². The highest BCUT2D eigenvalue weighted by molar-refractivity contribution is 14.1. The van der Waals surface area contributed by atoms with Crippen LogP contribution in [0.3, 0.4) is 0 Å². The standard InChI is InChI=1S/C11H12INO/c1-13-7-6-8-4-2-3-5-9(8)10(12)11(13)14/h2-5,10H,6-7H2,1H3. The molecule has 2 nitrogen and oxygen atoms in total. The molecule has 1 aromatic carbocycles. The molecule has 1 aliphatic heterocycles. The van der Waals surface area contributed by atoms with Crippen LogP contribution in [0.15, 0.2) is 24.3 Å². The Morgan fingerprint density at radius 3 is 2.93 bits per heavy atom. The van der Waals surface area contributed by atoms with Gasteiger partial charge in [-0.05, 0) is 17.5 Å². The topological polar surface area (TPSA) is 20.3 Å². The minimum Gasteiger partial charge on any atom is -0.344 e. The van der Waals surface area contributed by atoms with Gasteiger partial charge in [-0.2, -0.15) is 0 Å². The first-order valence-electron chi connectivity index (χ1n) is 4.67. The molecule has 0 N–H and O–H groups in total. The maximum Gasteiger partial charge on any atom is 0.239 e. The zero-order valence-electron chi connectivity index (χ0n) is 8.03. The molecular weight excluding hydrogens is 289 g/mol. The summed E-state index contributed by atoms with van der Waals surface area (Å²) in [5.41, 5.74) is 2.49. The minimum atomic E-state index is -0.0173.